The minimum absolute atomic E-state index is 0.756. The number of hydrogen-bond acceptors (Lipinski definition) is 3. The first-order chi connectivity index (χ1) is 7.90. The number of fused-ring (bicyclic) bond motifs is 1. The van der Waals surface area contributed by atoms with Crippen LogP contribution < -0.4 is 5.32 Å². The van der Waals surface area contributed by atoms with Gasteiger partial charge in [0.15, 0.2) is 0 Å². The number of hydrogen-bond donors (Lipinski definition) is 1. The van der Waals surface area contributed by atoms with Crippen LogP contribution in [0.4, 0.5) is 0 Å². The fraction of sp³-hybridized carbons (Fsp3) is 0.231. The summed E-state index contributed by atoms with van der Waals surface area (Å²) in [6, 6.07) is 7.90. The Kier molecular flexibility index (Phi) is 3.62. The zero-order valence-electron chi connectivity index (χ0n) is 9.19. The lowest BCUT2D eigenvalue weighted by atomic mass is 10.3. The second kappa shape index (κ2) is 5.37. The Morgan fingerprint density at radius 3 is 2.88 bits per heavy atom. The summed E-state index contributed by atoms with van der Waals surface area (Å²) in [4.78, 5) is 8.88. The summed E-state index contributed by atoms with van der Waals surface area (Å²) in [5.74, 6) is 0. The summed E-state index contributed by atoms with van der Waals surface area (Å²) < 4.78 is 0. The van der Waals surface area contributed by atoms with E-state index in [1.54, 1.807) is 0 Å². The van der Waals surface area contributed by atoms with Gasteiger partial charge in [-0.1, -0.05) is 18.2 Å². The van der Waals surface area contributed by atoms with Crippen molar-refractivity contribution in [2.75, 3.05) is 6.54 Å². The van der Waals surface area contributed by atoms with Gasteiger partial charge in [-0.05, 0) is 25.1 Å². The number of nitrogens with one attached hydrogen (secondary N) is 1. The van der Waals surface area contributed by atoms with Crippen LogP contribution in [0.25, 0.3) is 11.0 Å². The van der Waals surface area contributed by atoms with Gasteiger partial charge in [0.2, 0.25) is 0 Å². The average molecular weight is 213 g/mol. The molecule has 1 aromatic carbocycles. The van der Waals surface area contributed by atoms with Crippen LogP contribution in [0, 0.1) is 0 Å². The summed E-state index contributed by atoms with van der Waals surface area (Å²) in [5.41, 5.74) is 2.87. The molecule has 2 rings (SSSR count). The van der Waals surface area contributed by atoms with Crippen LogP contribution in [-0.4, -0.2) is 16.5 Å². The van der Waals surface area contributed by atoms with Gasteiger partial charge in [-0.25, -0.2) is 4.98 Å². The van der Waals surface area contributed by atoms with E-state index in [0.717, 1.165) is 36.2 Å². The Bertz CT molecular complexity index is 479. The molecule has 0 amide bonds. The maximum absolute atomic E-state index is 4.52. The highest BCUT2D eigenvalue weighted by Gasteiger charge is 1.98. The number of benzene rings is 1. The smallest absolute Gasteiger partial charge is 0.0890 e. The molecule has 0 aliphatic heterocycles. The van der Waals surface area contributed by atoms with Crippen LogP contribution in [0.3, 0.4) is 0 Å². The molecule has 3 nitrogen and oxygen atoms in total. The van der Waals surface area contributed by atoms with Crippen molar-refractivity contribution in [1.82, 2.24) is 15.3 Å². The Labute approximate surface area is 95.2 Å². The third kappa shape index (κ3) is 2.64. The predicted molar refractivity (Wildman–Crippen MR) is 66.1 cm³/mol. The van der Waals surface area contributed by atoms with Crippen LogP contribution in [0.1, 0.15) is 12.1 Å². The van der Waals surface area contributed by atoms with Gasteiger partial charge in [-0.15, -0.1) is 6.58 Å². The van der Waals surface area contributed by atoms with Gasteiger partial charge in [0, 0.05) is 6.54 Å². The predicted octanol–water partition coefficient (Wildman–Crippen LogP) is 2.30. The van der Waals surface area contributed by atoms with Gasteiger partial charge < -0.3 is 5.32 Å². The first-order valence-corrected chi connectivity index (χ1v) is 5.42. The minimum atomic E-state index is 0.756. The molecule has 0 saturated carbocycles. The first kappa shape index (κ1) is 10.8. The first-order valence-electron chi connectivity index (χ1n) is 5.42. The lowest BCUT2D eigenvalue weighted by Crippen LogP contribution is -2.15. The van der Waals surface area contributed by atoms with Gasteiger partial charge >= 0.3 is 0 Å². The molecule has 0 saturated heterocycles. The molecule has 0 bridgehead atoms. The SMILES string of the molecule is C=CCCNCc1cnc2ccccc2n1. The standard InChI is InChI=1S/C13H15N3/c1-2-3-8-14-9-11-10-15-12-6-4-5-7-13(12)16-11/h2,4-7,10,14H,1,3,8-9H2. The molecule has 1 N–H and O–H groups in total. The molecule has 1 aromatic heterocycles. The lowest BCUT2D eigenvalue weighted by molar-refractivity contribution is 0.682. The number of para-hydroxylation sites is 2. The van der Waals surface area contributed by atoms with Crippen LogP contribution in [-0.2, 0) is 6.54 Å². The van der Waals surface area contributed by atoms with E-state index in [9.17, 15) is 0 Å². The van der Waals surface area contributed by atoms with Gasteiger partial charge in [-0.3, -0.25) is 4.98 Å². The number of aromatic nitrogens is 2. The Morgan fingerprint density at radius 2 is 2.06 bits per heavy atom. The fourth-order valence-electron chi connectivity index (χ4n) is 1.50. The van der Waals surface area contributed by atoms with Gasteiger partial charge in [0.1, 0.15) is 0 Å². The molecule has 0 atom stereocenters. The van der Waals surface area contributed by atoms with Crippen molar-refractivity contribution in [3.05, 3.63) is 48.8 Å². The summed E-state index contributed by atoms with van der Waals surface area (Å²) in [6.07, 6.45) is 4.70. The van der Waals surface area contributed by atoms with E-state index in [-0.39, 0.29) is 0 Å². The van der Waals surface area contributed by atoms with Crippen molar-refractivity contribution < 1.29 is 0 Å². The van der Waals surface area contributed by atoms with Gasteiger partial charge in [0.25, 0.3) is 0 Å². The molecular formula is C13H15N3. The number of rotatable bonds is 5. The maximum Gasteiger partial charge on any atom is 0.0890 e. The van der Waals surface area contributed by atoms with E-state index in [4.69, 9.17) is 0 Å². The summed E-state index contributed by atoms with van der Waals surface area (Å²) in [6.45, 7) is 5.36. The highest BCUT2D eigenvalue weighted by Crippen LogP contribution is 2.07. The molecule has 0 unspecified atom stereocenters. The second-order valence-corrected chi connectivity index (χ2v) is 3.60. The van der Waals surface area contributed by atoms with E-state index in [1.807, 2.05) is 36.5 Å². The van der Waals surface area contributed by atoms with Gasteiger partial charge in [0.05, 0.1) is 22.9 Å². The number of nitrogens with zero attached hydrogens (tertiary/aromatic N) is 2. The molecule has 2 aromatic rings. The quantitative estimate of drug-likeness (QED) is 0.611. The molecule has 0 fully saturated rings. The van der Waals surface area contributed by atoms with Crippen LogP contribution in [0.2, 0.25) is 0 Å². The molecule has 82 valence electrons. The third-order valence-corrected chi connectivity index (χ3v) is 2.33. The van der Waals surface area contributed by atoms with E-state index in [1.165, 1.54) is 0 Å². The van der Waals surface area contributed by atoms with E-state index in [2.05, 4.69) is 21.9 Å². The largest absolute Gasteiger partial charge is 0.311 e. The monoisotopic (exact) mass is 213 g/mol. The Balaban J connectivity index is 2.05. The normalized spacial score (nSPS) is 10.5. The van der Waals surface area contributed by atoms with Gasteiger partial charge in [-0.2, -0.15) is 0 Å². The fourth-order valence-corrected chi connectivity index (χ4v) is 1.50. The lowest BCUT2D eigenvalue weighted by Gasteiger charge is -2.03. The highest BCUT2D eigenvalue weighted by molar-refractivity contribution is 5.73. The zero-order valence-corrected chi connectivity index (χ0v) is 9.19. The third-order valence-electron chi connectivity index (χ3n) is 2.33. The Hall–Kier alpha value is -1.74. The molecule has 1 heterocycles. The van der Waals surface area contributed by atoms with Crippen LogP contribution in [0.5, 0.6) is 0 Å². The second-order valence-electron chi connectivity index (χ2n) is 3.60. The van der Waals surface area contributed by atoms with E-state index < -0.39 is 0 Å². The maximum atomic E-state index is 4.52. The molecular weight excluding hydrogens is 198 g/mol. The highest BCUT2D eigenvalue weighted by atomic mass is 14.9. The van der Waals surface area contributed by atoms with Crippen molar-refractivity contribution in [2.24, 2.45) is 0 Å². The summed E-state index contributed by atoms with van der Waals surface area (Å²) in [5, 5.41) is 3.29. The minimum Gasteiger partial charge on any atom is -0.311 e. The molecule has 0 radical (unpaired) electrons. The summed E-state index contributed by atoms with van der Waals surface area (Å²) in [7, 11) is 0. The Morgan fingerprint density at radius 1 is 1.25 bits per heavy atom. The van der Waals surface area contributed by atoms with Crippen molar-refractivity contribution in [1.29, 1.82) is 0 Å². The molecule has 3 heteroatoms. The zero-order chi connectivity index (χ0) is 11.2. The van der Waals surface area contributed by atoms with E-state index >= 15 is 0 Å². The molecule has 0 aliphatic rings. The van der Waals surface area contributed by atoms with Crippen molar-refractivity contribution in [3.63, 3.8) is 0 Å². The topological polar surface area (TPSA) is 37.8 Å². The van der Waals surface area contributed by atoms with E-state index in [0.29, 0.717) is 0 Å². The molecule has 0 aliphatic carbocycles. The molecule has 16 heavy (non-hydrogen) atoms. The van der Waals surface area contributed by atoms with Crippen molar-refractivity contribution in [2.45, 2.75) is 13.0 Å². The molecule has 0 spiro atoms. The van der Waals surface area contributed by atoms with Crippen LogP contribution >= 0.6 is 0 Å². The average Bonchev–Trinajstić information content (AvgIpc) is 2.34. The van der Waals surface area contributed by atoms with Crippen molar-refractivity contribution in [3.8, 4) is 0 Å². The van der Waals surface area contributed by atoms with Crippen molar-refractivity contribution >= 4 is 11.0 Å². The summed E-state index contributed by atoms with van der Waals surface area (Å²) >= 11 is 0. The van der Waals surface area contributed by atoms with Crippen LogP contribution in [0.15, 0.2) is 43.1 Å².